The molecule has 0 spiro atoms. The van der Waals surface area contributed by atoms with E-state index in [-0.39, 0.29) is 41.9 Å². The number of ether oxygens (including phenoxy) is 3. The highest BCUT2D eigenvalue weighted by Crippen LogP contribution is 2.40. The summed E-state index contributed by atoms with van der Waals surface area (Å²) in [6.45, 7) is 5.88. The third-order valence-electron chi connectivity index (χ3n) is 6.50. The van der Waals surface area contributed by atoms with Gasteiger partial charge >= 0.3 is 18.0 Å². The van der Waals surface area contributed by atoms with Crippen molar-refractivity contribution in [2.75, 3.05) is 12.3 Å². The summed E-state index contributed by atoms with van der Waals surface area (Å²) in [6.07, 6.45) is 7.68. The number of rotatable bonds is 14. The van der Waals surface area contributed by atoms with Gasteiger partial charge in [-0.2, -0.15) is 14.4 Å². The van der Waals surface area contributed by atoms with Gasteiger partial charge in [0.25, 0.3) is 0 Å². The molecule has 200 valence electrons. The number of aromatic nitrogens is 4. The van der Waals surface area contributed by atoms with Gasteiger partial charge in [-0.1, -0.05) is 52.4 Å². The molecule has 2 N–H and O–H groups in total. The summed E-state index contributed by atoms with van der Waals surface area (Å²) in [5.41, 5.74) is 5.11. The first kappa shape index (κ1) is 27.8. The minimum atomic E-state index is -1.10. The molecule has 3 atom stereocenters. The first-order valence-electron chi connectivity index (χ1n) is 13.0. The van der Waals surface area contributed by atoms with Gasteiger partial charge < -0.3 is 19.9 Å². The second kappa shape index (κ2) is 12.9. The van der Waals surface area contributed by atoms with Crippen LogP contribution in [-0.2, 0) is 23.8 Å². The topological polar surface area (TPSA) is 131 Å². The second-order valence-electron chi connectivity index (χ2n) is 9.58. The second-order valence-corrected chi connectivity index (χ2v) is 9.58. The SMILES string of the molecule is CCCCCCC(=O)OC[C@@]1(C)O[C@@H](n2cnc3c(N)nc(F)nc32)C[C@@H]1OC(=O)CCCCCC. The van der Waals surface area contributed by atoms with E-state index in [1.54, 1.807) is 6.92 Å². The fourth-order valence-electron chi connectivity index (χ4n) is 4.36. The van der Waals surface area contributed by atoms with Crippen molar-refractivity contribution in [3.63, 3.8) is 0 Å². The quantitative estimate of drug-likeness (QED) is 0.221. The summed E-state index contributed by atoms with van der Waals surface area (Å²) in [7, 11) is 0. The van der Waals surface area contributed by atoms with Gasteiger partial charge in [0, 0.05) is 19.3 Å². The highest BCUT2D eigenvalue weighted by Gasteiger charge is 2.49. The Morgan fingerprint density at radius 2 is 1.78 bits per heavy atom. The van der Waals surface area contributed by atoms with E-state index in [9.17, 15) is 14.0 Å². The normalized spacial score (nSPS) is 21.7. The van der Waals surface area contributed by atoms with E-state index in [1.165, 1.54) is 10.9 Å². The van der Waals surface area contributed by atoms with Crippen molar-refractivity contribution in [3.05, 3.63) is 12.4 Å². The molecule has 11 heteroatoms. The van der Waals surface area contributed by atoms with Gasteiger partial charge in [0.05, 0.1) is 6.33 Å². The molecule has 2 aromatic heterocycles. The van der Waals surface area contributed by atoms with Crippen LogP contribution in [-0.4, -0.2) is 49.8 Å². The Labute approximate surface area is 211 Å². The molecule has 3 rings (SSSR count). The van der Waals surface area contributed by atoms with Crippen molar-refractivity contribution >= 4 is 28.9 Å². The van der Waals surface area contributed by atoms with Gasteiger partial charge in [0.1, 0.15) is 24.5 Å². The van der Waals surface area contributed by atoms with Crippen LogP contribution in [0.15, 0.2) is 6.33 Å². The Balaban J connectivity index is 1.73. The zero-order valence-corrected chi connectivity index (χ0v) is 21.5. The van der Waals surface area contributed by atoms with E-state index in [2.05, 4.69) is 28.8 Å². The van der Waals surface area contributed by atoms with E-state index in [4.69, 9.17) is 19.9 Å². The number of unbranched alkanes of at least 4 members (excludes halogenated alkanes) is 6. The molecule has 3 heterocycles. The number of fused-ring (bicyclic) bond motifs is 1. The number of nitrogens with two attached hydrogens (primary N) is 1. The summed E-state index contributed by atoms with van der Waals surface area (Å²) in [4.78, 5) is 36.4. The zero-order valence-electron chi connectivity index (χ0n) is 21.5. The number of halogens is 1. The molecular weight excluding hydrogens is 469 g/mol. The molecule has 10 nitrogen and oxygen atoms in total. The Bertz CT molecular complexity index is 1030. The average molecular weight is 508 g/mol. The lowest BCUT2D eigenvalue weighted by atomic mass is 10.00. The standard InChI is InChI=1S/C25H38FN5O5/c1-4-6-8-10-12-19(32)34-15-25(3)17(35-20(33)13-11-9-7-5-2)14-18(36-25)31-16-28-21-22(27)29-24(26)30-23(21)31/h16-18H,4-15H2,1-3H3,(H2,27,29,30)/t17-,18+,25+/m0/s1. The number of esters is 2. The molecule has 1 saturated heterocycles. The van der Waals surface area contributed by atoms with Crippen LogP contribution in [0.3, 0.4) is 0 Å². The molecule has 0 aromatic carbocycles. The summed E-state index contributed by atoms with van der Waals surface area (Å²) < 4.78 is 33.0. The molecule has 0 radical (unpaired) electrons. The highest BCUT2D eigenvalue weighted by molar-refractivity contribution is 5.81. The fourth-order valence-corrected chi connectivity index (χ4v) is 4.36. The molecule has 0 saturated carbocycles. The van der Waals surface area contributed by atoms with Crippen LogP contribution in [0.25, 0.3) is 11.2 Å². The highest BCUT2D eigenvalue weighted by atomic mass is 19.1. The minimum Gasteiger partial charge on any atom is -0.462 e. The van der Waals surface area contributed by atoms with E-state index in [1.807, 2.05) is 0 Å². The van der Waals surface area contributed by atoms with Crippen LogP contribution < -0.4 is 5.73 Å². The predicted molar refractivity (Wildman–Crippen MR) is 131 cm³/mol. The summed E-state index contributed by atoms with van der Waals surface area (Å²) in [5, 5.41) is 0. The van der Waals surface area contributed by atoms with Crippen LogP contribution >= 0.6 is 0 Å². The predicted octanol–water partition coefficient (Wildman–Crippen LogP) is 4.62. The van der Waals surface area contributed by atoms with Gasteiger partial charge in [0.15, 0.2) is 17.0 Å². The number of hydrogen-bond donors (Lipinski definition) is 1. The number of nitrogens with zero attached hydrogens (tertiary/aromatic N) is 4. The number of imidazole rings is 1. The van der Waals surface area contributed by atoms with Crippen molar-refractivity contribution in [1.29, 1.82) is 0 Å². The van der Waals surface area contributed by atoms with Gasteiger partial charge in [0.2, 0.25) is 0 Å². The molecule has 2 aromatic rings. The molecule has 0 bridgehead atoms. The van der Waals surface area contributed by atoms with E-state index in [0.717, 1.165) is 51.4 Å². The van der Waals surface area contributed by atoms with Crippen LogP contribution in [0.1, 0.15) is 97.6 Å². The smallest absolute Gasteiger partial charge is 0.312 e. The molecule has 0 aliphatic carbocycles. The van der Waals surface area contributed by atoms with Crippen LogP contribution in [0.2, 0.25) is 0 Å². The van der Waals surface area contributed by atoms with E-state index >= 15 is 0 Å². The van der Waals surface area contributed by atoms with Crippen molar-refractivity contribution in [2.24, 2.45) is 0 Å². The first-order chi connectivity index (χ1) is 17.3. The lowest BCUT2D eigenvalue weighted by Crippen LogP contribution is -2.44. The zero-order chi connectivity index (χ0) is 26.1. The maximum atomic E-state index is 13.9. The third kappa shape index (κ3) is 7.11. The van der Waals surface area contributed by atoms with Crippen LogP contribution in [0.5, 0.6) is 0 Å². The Morgan fingerprint density at radius 3 is 2.44 bits per heavy atom. The van der Waals surface area contributed by atoms with Crippen molar-refractivity contribution in [3.8, 4) is 0 Å². The summed E-state index contributed by atoms with van der Waals surface area (Å²) in [6, 6.07) is 0. The maximum absolute atomic E-state index is 13.9. The van der Waals surface area contributed by atoms with Gasteiger partial charge in [-0.3, -0.25) is 14.2 Å². The lowest BCUT2D eigenvalue weighted by molar-refractivity contribution is -0.174. The molecule has 0 unspecified atom stereocenters. The van der Waals surface area contributed by atoms with E-state index in [0.29, 0.717) is 12.8 Å². The Kier molecular flexibility index (Phi) is 9.98. The molecule has 1 fully saturated rings. The van der Waals surface area contributed by atoms with Crippen molar-refractivity contribution < 1.29 is 28.2 Å². The number of carbonyl (C=O) groups excluding carboxylic acids is 2. The molecular formula is C25H38FN5O5. The minimum absolute atomic E-state index is 0.0796. The van der Waals surface area contributed by atoms with Gasteiger partial charge in [-0.25, -0.2) is 4.98 Å². The Hall–Kier alpha value is -2.82. The van der Waals surface area contributed by atoms with E-state index < -0.39 is 24.0 Å². The van der Waals surface area contributed by atoms with Crippen molar-refractivity contribution in [1.82, 2.24) is 19.5 Å². The summed E-state index contributed by atoms with van der Waals surface area (Å²) >= 11 is 0. The number of anilines is 1. The van der Waals surface area contributed by atoms with Gasteiger partial charge in [-0.05, 0) is 19.8 Å². The number of carbonyl (C=O) groups is 2. The van der Waals surface area contributed by atoms with Gasteiger partial charge in [-0.15, -0.1) is 0 Å². The average Bonchev–Trinajstić information content (AvgIpc) is 3.40. The molecule has 36 heavy (non-hydrogen) atoms. The van der Waals surface area contributed by atoms with Crippen LogP contribution in [0, 0.1) is 6.08 Å². The number of hydrogen-bond acceptors (Lipinski definition) is 9. The summed E-state index contributed by atoms with van der Waals surface area (Å²) in [5.74, 6) is -0.727. The molecule has 1 aliphatic heterocycles. The van der Waals surface area contributed by atoms with Crippen LogP contribution in [0.4, 0.5) is 10.2 Å². The largest absolute Gasteiger partial charge is 0.462 e. The van der Waals surface area contributed by atoms with Crippen molar-refractivity contribution in [2.45, 2.75) is 109 Å². The number of nitrogen functional groups attached to an aromatic ring is 1. The third-order valence-corrected chi connectivity index (χ3v) is 6.50. The maximum Gasteiger partial charge on any atom is 0.312 e. The lowest BCUT2D eigenvalue weighted by Gasteiger charge is -2.29. The monoisotopic (exact) mass is 507 g/mol. The Morgan fingerprint density at radius 1 is 1.11 bits per heavy atom. The molecule has 1 aliphatic rings. The first-order valence-corrected chi connectivity index (χ1v) is 13.0. The molecule has 0 amide bonds. The fraction of sp³-hybridized carbons (Fsp3) is 0.720.